The molecular weight excluding hydrogens is 328 g/mol. The van der Waals surface area contributed by atoms with Gasteiger partial charge in [0.1, 0.15) is 9.84 Å². The molecule has 7 heteroatoms. The standard InChI is InChI=1S/C17H28N2O4S/c1-2-8-18-9-3-6-17(16(18)21)7-10-19(13-17)15(20)14-4-11-24(22,23)12-5-14/h14H,2-13H2,1H3/t17-/m0/s1. The average molecular weight is 356 g/mol. The molecule has 0 aromatic heterocycles. The van der Waals surface area contributed by atoms with E-state index in [4.69, 9.17) is 0 Å². The van der Waals surface area contributed by atoms with Crippen LogP contribution in [0.4, 0.5) is 0 Å². The number of hydrogen-bond donors (Lipinski definition) is 0. The van der Waals surface area contributed by atoms with Gasteiger partial charge in [-0.25, -0.2) is 8.42 Å². The van der Waals surface area contributed by atoms with Gasteiger partial charge in [-0.2, -0.15) is 0 Å². The molecule has 0 aromatic rings. The van der Waals surface area contributed by atoms with Crippen LogP contribution < -0.4 is 0 Å². The summed E-state index contributed by atoms with van der Waals surface area (Å²) in [6, 6.07) is 0. The Kier molecular flexibility index (Phi) is 4.91. The predicted molar refractivity (Wildman–Crippen MR) is 91.1 cm³/mol. The van der Waals surface area contributed by atoms with E-state index in [9.17, 15) is 18.0 Å². The van der Waals surface area contributed by atoms with Crippen LogP contribution in [0.15, 0.2) is 0 Å². The second-order valence-electron chi connectivity index (χ2n) is 7.61. The molecule has 1 spiro atoms. The molecule has 3 heterocycles. The number of rotatable bonds is 3. The predicted octanol–water partition coefficient (Wildman–Crippen LogP) is 1.06. The van der Waals surface area contributed by atoms with Gasteiger partial charge in [0.05, 0.1) is 16.9 Å². The Balaban J connectivity index is 1.64. The van der Waals surface area contributed by atoms with Crippen molar-refractivity contribution in [1.29, 1.82) is 0 Å². The summed E-state index contributed by atoms with van der Waals surface area (Å²) in [5.41, 5.74) is -0.385. The Bertz CT molecular complexity index is 602. The normalized spacial score (nSPS) is 31.0. The van der Waals surface area contributed by atoms with E-state index < -0.39 is 9.84 Å². The smallest absolute Gasteiger partial charge is 0.230 e. The Hall–Kier alpha value is -1.11. The van der Waals surface area contributed by atoms with Crippen LogP contribution in [0.3, 0.4) is 0 Å². The van der Waals surface area contributed by atoms with Crippen LogP contribution in [0.1, 0.15) is 45.4 Å². The fraction of sp³-hybridized carbons (Fsp3) is 0.882. The van der Waals surface area contributed by atoms with E-state index in [2.05, 4.69) is 6.92 Å². The first-order valence-electron chi connectivity index (χ1n) is 9.15. The van der Waals surface area contributed by atoms with Crippen LogP contribution in [-0.4, -0.2) is 67.7 Å². The molecule has 24 heavy (non-hydrogen) atoms. The lowest BCUT2D eigenvalue weighted by Gasteiger charge is -2.39. The number of likely N-dealkylation sites (tertiary alicyclic amines) is 2. The topological polar surface area (TPSA) is 74.8 Å². The lowest BCUT2D eigenvalue weighted by atomic mass is 9.78. The minimum Gasteiger partial charge on any atom is -0.342 e. The molecule has 3 fully saturated rings. The first-order valence-corrected chi connectivity index (χ1v) is 11.0. The fourth-order valence-corrected chi connectivity index (χ4v) is 5.96. The highest BCUT2D eigenvalue weighted by molar-refractivity contribution is 7.91. The molecule has 0 unspecified atom stereocenters. The van der Waals surface area contributed by atoms with Gasteiger partial charge in [0.15, 0.2) is 0 Å². The number of nitrogens with zero attached hydrogens (tertiary/aromatic N) is 2. The Morgan fingerprint density at radius 2 is 1.92 bits per heavy atom. The van der Waals surface area contributed by atoms with Gasteiger partial charge < -0.3 is 9.80 Å². The molecule has 2 amide bonds. The Morgan fingerprint density at radius 3 is 2.58 bits per heavy atom. The van der Waals surface area contributed by atoms with E-state index in [0.29, 0.717) is 25.9 Å². The third kappa shape index (κ3) is 3.32. The Morgan fingerprint density at radius 1 is 1.21 bits per heavy atom. The first-order chi connectivity index (χ1) is 11.4. The fourth-order valence-electron chi connectivity index (χ4n) is 4.47. The van der Waals surface area contributed by atoms with Crippen molar-refractivity contribution < 1.29 is 18.0 Å². The summed E-state index contributed by atoms with van der Waals surface area (Å²) >= 11 is 0. The molecule has 0 bridgehead atoms. The maximum absolute atomic E-state index is 12.9. The zero-order valence-corrected chi connectivity index (χ0v) is 15.3. The highest BCUT2D eigenvalue weighted by atomic mass is 32.2. The summed E-state index contributed by atoms with van der Waals surface area (Å²) in [6.07, 6.45) is 4.45. The van der Waals surface area contributed by atoms with Gasteiger partial charge in [-0.3, -0.25) is 9.59 Å². The van der Waals surface area contributed by atoms with Gasteiger partial charge in [0.25, 0.3) is 0 Å². The third-order valence-corrected chi connectivity index (χ3v) is 7.60. The van der Waals surface area contributed by atoms with Crippen LogP contribution in [0, 0.1) is 11.3 Å². The van der Waals surface area contributed by atoms with Crippen molar-refractivity contribution in [3.63, 3.8) is 0 Å². The highest BCUT2D eigenvalue weighted by Crippen LogP contribution is 2.41. The minimum absolute atomic E-state index is 0.0576. The number of amides is 2. The van der Waals surface area contributed by atoms with Gasteiger partial charge in [-0.1, -0.05) is 6.92 Å². The van der Waals surface area contributed by atoms with Crippen LogP contribution in [0.2, 0.25) is 0 Å². The van der Waals surface area contributed by atoms with Gasteiger partial charge in [-0.15, -0.1) is 0 Å². The van der Waals surface area contributed by atoms with Crippen LogP contribution in [-0.2, 0) is 19.4 Å². The molecule has 3 aliphatic rings. The van der Waals surface area contributed by atoms with Crippen LogP contribution in [0.25, 0.3) is 0 Å². The molecule has 136 valence electrons. The highest BCUT2D eigenvalue weighted by Gasteiger charge is 2.49. The van der Waals surface area contributed by atoms with Crippen LogP contribution in [0.5, 0.6) is 0 Å². The SMILES string of the molecule is CCCN1CCC[C@@]2(CCN(C(=O)C3CCS(=O)(=O)CC3)C2)C1=O. The van der Waals surface area contributed by atoms with E-state index in [-0.39, 0.29) is 34.7 Å². The summed E-state index contributed by atoms with van der Waals surface area (Å²) in [5.74, 6) is 0.324. The average Bonchev–Trinajstić information content (AvgIpc) is 2.97. The molecule has 0 aliphatic carbocycles. The summed E-state index contributed by atoms with van der Waals surface area (Å²) in [6.45, 7) is 4.87. The van der Waals surface area contributed by atoms with Crippen molar-refractivity contribution in [2.75, 3.05) is 37.7 Å². The van der Waals surface area contributed by atoms with Crippen molar-refractivity contribution in [2.45, 2.75) is 45.4 Å². The molecule has 6 nitrogen and oxygen atoms in total. The third-order valence-electron chi connectivity index (χ3n) is 5.89. The number of hydrogen-bond acceptors (Lipinski definition) is 4. The summed E-state index contributed by atoms with van der Waals surface area (Å²) in [4.78, 5) is 29.4. The zero-order valence-electron chi connectivity index (χ0n) is 14.5. The summed E-state index contributed by atoms with van der Waals surface area (Å²) in [5, 5.41) is 0. The minimum atomic E-state index is -2.95. The molecule has 0 radical (unpaired) electrons. The largest absolute Gasteiger partial charge is 0.342 e. The molecule has 0 saturated carbocycles. The summed E-state index contributed by atoms with van der Waals surface area (Å²) in [7, 11) is -2.95. The summed E-state index contributed by atoms with van der Waals surface area (Å²) < 4.78 is 23.1. The van der Waals surface area contributed by atoms with E-state index in [1.165, 1.54) is 0 Å². The van der Waals surface area contributed by atoms with E-state index in [1.54, 1.807) is 0 Å². The molecule has 1 atom stereocenters. The molecule has 0 aromatic carbocycles. The van der Waals surface area contributed by atoms with Crippen molar-refractivity contribution >= 4 is 21.7 Å². The quantitative estimate of drug-likeness (QED) is 0.758. The van der Waals surface area contributed by atoms with Crippen molar-refractivity contribution in [3.8, 4) is 0 Å². The monoisotopic (exact) mass is 356 g/mol. The zero-order chi connectivity index (χ0) is 17.4. The lowest BCUT2D eigenvalue weighted by molar-refractivity contribution is -0.146. The number of carbonyl (C=O) groups excluding carboxylic acids is 2. The maximum Gasteiger partial charge on any atom is 0.230 e. The Labute approximate surface area is 144 Å². The molecule has 3 aliphatic heterocycles. The molecule has 3 saturated heterocycles. The van der Waals surface area contributed by atoms with E-state index in [1.807, 2.05) is 9.80 Å². The number of sulfone groups is 1. The number of carbonyl (C=O) groups is 2. The lowest BCUT2D eigenvalue weighted by Crippen LogP contribution is -2.51. The van der Waals surface area contributed by atoms with Crippen molar-refractivity contribution in [2.24, 2.45) is 11.3 Å². The number of piperidine rings is 1. The van der Waals surface area contributed by atoms with Gasteiger partial charge in [0, 0.05) is 32.1 Å². The van der Waals surface area contributed by atoms with Gasteiger partial charge in [-0.05, 0) is 38.5 Å². The second-order valence-corrected chi connectivity index (χ2v) is 9.92. The van der Waals surface area contributed by atoms with Crippen molar-refractivity contribution in [3.05, 3.63) is 0 Å². The van der Waals surface area contributed by atoms with E-state index >= 15 is 0 Å². The second kappa shape index (κ2) is 6.65. The van der Waals surface area contributed by atoms with E-state index in [0.717, 1.165) is 38.8 Å². The van der Waals surface area contributed by atoms with Crippen molar-refractivity contribution in [1.82, 2.24) is 9.80 Å². The first kappa shape index (κ1) is 17.7. The molecular formula is C17H28N2O4S. The van der Waals surface area contributed by atoms with Gasteiger partial charge in [0.2, 0.25) is 11.8 Å². The maximum atomic E-state index is 12.9. The van der Waals surface area contributed by atoms with Crippen LogP contribution >= 0.6 is 0 Å². The molecule has 0 N–H and O–H groups in total. The van der Waals surface area contributed by atoms with Gasteiger partial charge >= 0.3 is 0 Å². The molecule has 3 rings (SSSR count).